The van der Waals surface area contributed by atoms with Crippen molar-refractivity contribution in [3.8, 4) is 10.8 Å². The molecule has 1 aliphatic rings. The third kappa shape index (κ3) is 2.47. The normalized spacial score (nSPS) is 16.7. The van der Waals surface area contributed by atoms with Gasteiger partial charge >= 0.3 is 0 Å². The SMILES string of the molecule is NC1(c2noc(-c3ccc(S(=O)(=O)c4ccccc4)s3)n2)CCC1. The van der Waals surface area contributed by atoms with Gasteiger partial charge in [0.05, 0.1) is 15.3 Å². The zero-order valence-electron chi connectivity index (χ0n) is 12.7. The van der Waals surface area contributed by atoms with Crippen molar-refractivity contribution in [1.29, 1.82) is 0 Å². The van der Waals surface area contributed by atoms with Crippen molar-refractivity contribution >= 4 is 21.2 Å². The van der Waals surface area contributed by atoms with E-state index in [2.05, 4.69) is 10.1 Å². The Balaban J connectivity index is 1.66. The van der Waals surface area contributed by atoms with Crippen molar-refractivity contribution < 1.29 is 12.9 Å². The number of thiophene rings is 1. The van der Waals surface area contributed by atoms with Crippen LogP contribution in [0.3, 0.4) is 0 Å². The first-order valence-corrected chi connectivity index (χ1v) is 9.82. The fraction of sp³-hybridized carbons (Fsp3) is 0.250. The number of sulfone groups is 1. The summed E-state index contributed by atoms with van der Waals surface area (Å²) < 4.78 is 30.8. The van der Waals surface area contributed by atoms with Crippen LogP contribution in [0.15, 0.2) is 56.1 Å². The average Bonchev–Trinajstić information content (AvgIpc) is 3.23. The smallest absolute Gasteiger partial charge is 0.268 e. The molecule has 1 aromatic carbocycles. The van der Waals surface area contributed by atoms with Crippen LogP contribution in [0.4, 0.5) is 0 Å². The lowest BCUT2D eigenvalue weighted by Gasteiger charge is -2.34. The lowest BCUT2D eigenvalue weighted by molar-refractivity contribution is 0.229. The van der Waals surface area contributed by atoms with Crippen LogP contribution >= 0.6 is 11.3 Å². The van der Waals surface area contributed by atoms with Crippen LogP contribution in [0, 0.1) is 0 Å². The van der Waals surface area contributed by atoms with E-state index >= 15 is 0 Å². The molecule has 2 heterocycles. The van der Waals surface area contributed by atoms with Crippen molar-refractivity contribution in [3.05, 3.63) is 48.3 Å². The van der Waals surface area contributed by atoms with Gasteiger partial charge in [-0.15, -0.1) is 11.3 Å². The summed E-state index contributed by atoms with van der Waals surface area (Å²) in [6.45, 7) is 0. The highest BCUT2D eigenvalue weighted by Gasteiger charge is 2.39. The van der Waals surface area contributed by atoms with Crippen molar-refractivity contribution in [3.63, 3.8) is 0 Å². The Bertz CT molecular complexity index is 973. The Hall–Kier alpha value is -2.03. The van der Waals surface area contributed by atoms with E-state index in [1.165, 1.54) is 0 Å². The monoisotopic (exact) mass is 361 g/mol. The molecule has 0 unspecified atom stereocenters. The molecular weight excluding hydrogens is 346 g/mol. The Labute approximate surface area is 143 Å². The summed E-state index contributed by atoms with van der Waals surface area (Å²) in [5, 5.41) is 3.96. The number of nitrogens with two attached hydrogens (primary N) is 1. The van der Waals surface area contributed by atoms with Gasteiger partial charge < -0.3 is 10.3 Å². The number of rotatable bonds is 4. The standard InChI is InChI=1S/C16H15N3O3S2/c17-16(9-4-10-16)15-18-14(22-19-15)12-7-8-13(23-12)24(20,21)11-5-2-1-3-6-11/h1-3,5-8H,4,9-10,17H2. The zero-order valence-corrected chi connectivity index (χ0v) is 14.3. The van der Waals surface area contributed by atoms with E-state index in [1.54, 1.807) is 42.5 Å². The fourth-order valence-electron chi connectivity index (χ4n) is 2.60. The van der Waals surface area contributed by atoms with Gasteiger partial charge in [0, 0.05) is 0 Å². The minimum absolute atomic E-state index is 0.245. The number of benzene rings is 1. The van der Waals surface area contributed by atoms with E-state index in [0.29, 0.717) is 16.6 Å². The predicted octanol–water partition coefficient (Wildman–Crippen LogP) is 2.97. The van der Waals surface area contributed by atoms with Crippen LogP contribution in [0.2, 0.25) is 0 Å². The van der Waals surface area contributed by atoms with Gasteiger partial charge in [0.2, 0.25) is 9.84 Å². The number of nitrogens with zero attached hydrogens (tertiary/aromatic N) is 2. The van der Waals surface area contributed by atoms with Crippen molar-refractivity contribution in [2.75, 3.05) is 0 Å². The van der Waals surface area contributed by atoms with E-state index in [9.17, 15) is 8.42 Å². The molecule has 3 aromatic rings. The third-order valence-electron chi connectivity index (χ3n) is 4.23. The molecule has 4 rings (SSSR count). The molecule has 0 saturated heterocycles. The zero-order chi connectivity index (χ0) is 16.8. The largest absolute Gasteiger partial charge is 0.333 e. The van der Waals surface area contributed by atoms with Gasteiger partial charge in [-0.05, 0) is 43.5 Å². The van der Waals surface area contributed by atoms with Crippen molar-refractivity contribution in [1.82, 2.24) is 10.1 Å². The van der Waals surface area contributed by atoms with Gasteiger partial charge in [0.1, 0.15) is 4.21 Å². The van der Waals surface area contributed by atoms with E-state index in [4.69, 9.17) is 10.3 Å². The Morgan fingerprint density at radius 3 is 2.54 bits per heavy atom. The molecular formula is C16H15N3O3S2. The Kier molecular flexibility index (Phi) is 3.56. The quantitative estimate of drug-likeness (QED) is 0.767. The minimum Gasteiger partial charge on any atom is -0.333 e. The van der Waals surface area contributed by atoms with Crippen LogP contribution in [-0.4, -0.2) is 18.6 Å². The van der Waals surface area contributed by atoms with Gasteiger partial charge in [0.15, 0.2) is 5.82 Å². The second kappa shape index (κ2) is 5.51. The van der Waals surface area contributed by atoms with Gasteiger partial charge in [-0.3, -0.25) is 0 Å². The van der Waals surface area contributed by atoms with Crippen molar-refractivity contribution in [2.45, 2.75) is 33.9 Å². The number of hydrogen-bond acceptors (Lipinski definition) is 7. The van der Waals surface area contributed by atoms with Gasteiger partial charge in [-0.2, -0.15) is 4.98 Å². The summed E-state index contributed by atoms with van der Waals surface area (Å²) in [7, 11) is -3.54. The maximum Gasteiger partial charge on any atom is 0.268 e. The minimum atomic E-state index is -3.54. The average molecular weight is 361 g/mol. The van der Waals surface area contributed by atoms with Gasteiger partial charge in [-0.25, -0.2) is 8.42 Å². The number of hydrogen-bond donors (Lipinski definition) is 1. The molecule has 8 heteroatoms. The van der Waals surface area contributed by atoms with E-state index in [-0.39, 0.29) is 9.10 Å². The molecule has 1 aliphatic carbocycles. The highest BCUT2D eigenvalue weighted by atomic mass is 32.2. The fourth-order valence-corrected chi connectivity index (χ4v) is 5.25. The summed E-state index contributed by atoms with van der Waals surface area (Å²) in [6.07, 6.45) is 2.73. The molecule has 24 heavy (non-hydrogen) atoms. The van der Waals surface area contributed by atoms with Crippen LogP contribution in [-0.2, 0) is 15.4 Å². The Morgan fingerprint density at radius 1 is 1.12 bits per heavy atom. The van der Waals surface area contributed by atoms with Crippen molar-refractivity contribution in [2.24, 2.45) is 5.73 Å². The lowest BCUT2D eigenvalue weighted by Crippen LogP contribution is -2.44. The predicted molar refractivity (Wildman–Crippen MR) is 89.2 cm³/mol. The highest BCUT2D eigenvalue weighted by Crippen LogP contribution is 2.39. The molecule has 2 aromatic heterocycles. The summed E-state index contributed by atoms with van der Waals surface area (Å²) in [4.78, 5) is 5.24. The van der Waals surface area contributed by atoms with Crippen LogP contribution in [0.5, 0.6) is 0 Å². The molecule has 0 spiro atoms. The maximum atomic E-state index is 12.6. The summed E-state index contributed by atoms with van der Waals surface area (Å²) in [5.41, 5.74) is 5.69. The van der Waals surface area contributed by atoms with E-state index in [0.717, 1.165) is 30.6 Å². The molecule has 0 atom stereocenters. The molecule has 1 saturated carbocycles. The molecule has 2 N–H and O–H groups in total. The molecule has 0 aliphatic heterocycles. The highest BCUT2D eigenvalue weighted by molar-refractivity contribution is 7.93. The van der Waals surface area contributed by atoms with E-state index < -0.39 is 15.4 Å². The maximum absolute atomic E-state index is 12.6. The van der Waals surface area contributed by atoms with Crippen LogP contribution in [0.25, 0.3) is 10.8 Å². The third-order valence-corrected chi connectivity index (χ3v) is 7.56. The first kappa shape index (κ1) is 15.5. The molecule has 0 amide bonds. The van der Waals surface area contributed by atoms with Gasteiger partial charge in [-0.1, -0.05) is 23.4 Å². The van der Waals surface area contributed by atoms with Gasteiger partial charge in [0.25, 0.3) is 5.89 Å². The van der Waals surface area contributed by atoms with E-state index in [1.807, 2.05) is 0 Å². The topological polar surface area (TPSA) is 99.1 Å². The second-order valence-corrected chi connectivity index (χ2v) is 9.13. The molecule has 0 radical (unpaired) electrons. The lowest BCUT2D eigenvalue weighted by atomic mass is 9.77. The summed E-state index contributed by atoms with van der Waals surface area (Å²) in [6, 6.07) is 11.6. The molecule has 0 bridgehead atoms. The number of aromatic nitrogens is 2. The summed E-state index contributed by atoms with van der Waals surface area (Å²) in [5.74, 6) is 0.797. The van der Waals surface area contributed by atoms with Crippen LogP contribution < -0.4 is 5.73 Å². The first-order chi connectivity index (χ1) is 11.5. The summed E-state index contributed by atoms with van der Waals surface area (Å²) >= 11 is 1.11. The molecule has 124 valence electrons. The van der Waals surface area contributed by atoms with Crippen LogP contribution in [0.1, 0.15) is 25.1 Å². The molecule has 1 fully saturated rings. The first-order valence-electron chi connectivity index (χ1n) is 7.52. The second-order valence-electron chi connectivity index (χ2n) is 5.87. The molecule has 6 nitrogen and oxygen atoms in total. The Morgan fingerprint density at radius 2 is 1.88 bits per heavy atom.